The first kappa shape index (κ1) is 16.2. The molecule has 5 heteroatoms. The number of hydrogen-bond donors (Lipinski definition) is 1. The van der Waals surface area contributed by atoms with Crippen molar-refractivity contribution < 1.29 is 0 Å². The second-order valence-corrected chi connectivity index (χ2v) is 6.37. The van der Waals surface area contributed by atoms with Gasteiger partial charge in [-0.25, -0.2) is 9.97 Å². The molecule has 1 aliphatic rings. The van der Waals surface area contributed by atoms with E-state index >= 15 is 0 Å². The van der Waals surface area contributed by atoms with Crippen LogP contribution in [0.1, 0.15) is 49.8 Å². The van der Waals surface area contributed by atoms with Crippen LogP contribution in [0.25, 0.3) is 0 Å². The Hall–Kier alpha value is -1.20. The molecule has 1 atom stereocenters. The van der Waals surface area contributed by atoms with Gasteiger partial charge in [0, 0.05) is 37.4 Å². The monoisotopic (exact) mass is 291 g/mol. The topological polar surface area (TPSA) is 44.3 Å². The highest BCUT2D eigenvalue weighted by Crippen LogP contribution is 2.28. The minimum atomic E-state index is 0.279. The number of anilines is 1. The van der Waals surface area contributed by atoms with Crippen LogP contribution < -0.4 is 5.32 Å². The summed E-state index contributed by atoms with van der Waals surface area (Å²) in [4.78, 5) is 14.4. The largest absolute Gasteiger partial charge is 0.370 e. The summed E-state index contributed by atoms with van der Waals surface area (Å²) in [6.07, 6.45) is 0. The van der Waals surface area contributed by atoms with Gasteiger partial charge in [-0.1, -0.05) is 13.8 Å². The van der Waals surface area contributed by atoms with Crippen molar-refractivity contribution in [3.8, 4) is 0 Å². The van der Waals surface area contributed by atoms with Crippen molar-refractivity contribution in [1.82, 2.24) is 19.8 Å². The molecular weight excluding hydrogens is 262 g/mol. The maximum Gasteiger partial charge on any atom is 0.149 e. The zero-order valence-electron chi connectivity index (χ0n) is 14.3. The van der Waals surface area contributed by atoms with Crippen molar-refractivity contribution in [2.45, 2.75) is 39.7 Å². The Bertz CT molecular complexity index is 486. The Balaban J connectivity index is 2.40. The summed E-state index contributed by atoms with van der Waals surface area (Å²) in [5.41, 5.74) is 2.35. The maximum atomic E-state index is 4.86. The molecule has 2 heterocycles. The smallest absolute Gasteiger partial charge is 0.149 e. The van der Waals surface area contributed by atoms with Crippen molar-refractivity contribution >= 4 is 5.82 Å². The van der Waals surface area contributed by atoms with Gasteiger partial charge in [0.05, 0.1) is 6.04 Å². The van der Waals surface area contributed by atoms with Gasteiger partial charge in [0.15, 0.2) is 0 Å². The number of hydrogen-bond acceptors (Lipinski definition) is 5. The van der Waals surface area contributed by atoms with E-state index in [4.69, 9.17) is 9.97 Å². The van der Waals surface area contributed by atoms with E-state index in [1.54, 1.807) is 0 Å². The lowest BCUT2D eigenvalue weighted by Gasteiger charge is -2.37. The Morgan fingerprint density at radius 3 is 2.57 bits per heavy atom. The normalized spacial score (nSPS) is 21.0. The average Bonchev–Trinajstić information content (AvgIpc) is 2.41. The Morgan fingerprint density at radius 2 is 1.95 bits per heavy atom. The summed E-state index contributed by atoms with van der Waals surface area (Å²) in [6.45, 7) is 12.7. The molecular formula is C16H29N5. The molecule has 1 aliphatic heterocycles. The number of aromatic nitrogens is 2. The fraction of sp³-hybridized carbons (Fsp3) is 0.750. The molecule has 0 amide bonds. The van der Waals surface area contributed by atoms with Crippen LogP contribution in [-0.4, -0.2) is 60.0 Å². The summed E-state index contributed by atoms with van der Waals surface area (Å²) >= 11 is 0. The molecule has 1 fully saturated rings. The van der Waals surface area contributed by atoms with Gasteiger partial charge in [0.2, 0.25) is 0 Å². The van der Waals surface area contributed by atoms with Crippen LogP contribution >= 0.6 is 0 Å². The maximum absolute atomic E-state index is 4.86. The first-order valence-corrected chi connectivity index (χ1v) is 7.95. The van der Waals surface area contributed by atoms with E-state index in [-0.39, 0.29) is 6.04 Å². The minimum absolute atomic E-state index is 0.279. The first-order valence-electron chi connectivity index (χ1n) is 7.95. The molecule has 1 N–H and O–H groups in total. The van der Waals surface area contributed by atoms with Crippen LogP contribution in [0, 0.1) is 6.92 Å². The van der Waals surface area contributed by atoms with Crippen LogP contribution in [0.5, 0.6) is 0 Å². The molecule has 1 unspecified atom stereocenters. The van der Waals surface area contributed by atoms with Gasteiger partial charge in [0.1, 0.15) is 11.6 Å². The first-order chi connectivity index (χ1) is 9.93. The van der Waals surface area contributed by atoms with Crippen molar-refractivity contribution in [1.29, 1.82) is 0 Å². The van der Waals surface area contributed by atoms with Crippen molar-refractivity contribution in [2.75, 3.05) is 45.6 Å². The Kier molecular flexibility index (Phi) is 5.17. The number of piperazine rings is 1. The highest BCUT2D eigenvalue weighted by molar-refractivity contribution is 5.48. The number of likely N-dealkylation sites (N-methyl/N-ethyl adjacent to an activating group) is 2. The zero-order valence-corrected chi connectivity index (χ0v) is 14.3. The van der Waals surface area contributed by atoms with Crippen molar-refractivity contribution in [3.63, 3.8) is 0 Å². The third kappa shape index (κ3) is 3.52. The number of aryl methyl sites for hydroxylation is 1. The highest BCUT2D eigenvalue weighted by atomic mass is 15.3. The third-order valence-corrected chi connectivity index (χ3v) is 4.22. The van der Waals surface area contributed by atoms with Crippen LogP contribution in [0.15, 0.2) is 0 Å². The van der Waals surface area contributed by atoms with Gasteiger partial charge in [0.25, 0.3) is 0 Å². The summed E-state index contributed by atoms with van der Waals surface area (Å²) in [5.74, 6) is 2.39. The lowest BCUT2D eigenvalue weighted by Crippen LogP contribution is -2.45. The van der Waals surface area contributed by atoms with Gasteiger partial charge in [-0.15, -0.1) is 0 Å². The quantitative estimate of drug-likeness (QED) is 0.922. The second kappa shape index (κ2) is 6.71. The van der Waals surface area contributed by atoms with Gasteiger partial charge in [-0.3, -0.25) is 4.90 Å². The molecule has 0 spiro atoms. The molecule has 1 saturated heterocycles. The number of nitrogens with one attached hydrogen (secondary N) is 1. The lowest BCUT2D eigenvalue weighted by atomic mass is 10.0. The average molecular weight is 291 g/mol. The van der Waals surface area contributed by atoms with Crippen molar-refractivity contribution in [3.05, 3.63) is 17.1 Å². The summed E-state index contributed by atoms with van der Waals surface area (Å²) in [6, 6.07) is 0.279. The number of nitrogens with zero attached hydrogens (tertiary/aromatic N) is 4. The van der Waals surface area contributed by atoms with E-state index < -0.39 is 0 Å². The number of rotatable bonds is 4. The molecule has 21 heavy (non-hydrogen) atoms. The van der Waals surface area contributed by atoms with Gasteiger partial charge in [-0.05, 0) is 33.9 Å². The van der Waals surface area contributed by atoms with E-state index in [0.717, 1.165) is 43.5 Å². The Labute approximate surface area is 128 Å². The predicted molar refractivity (Wildman–Crippen MR) is 87.9 cm³/mol. The van der Waals surface area contributed by atoms with E-state index in [1.165, 1.54) is 5.56 Å². The molecule has 0 aliphatic carbocycles. The van der Waals surface area contributed by atoms with Crippen molar-refractivity contribution in [2.24, 2.45) is 0 Å². The molecule has 0 aromatic carbocycles. The fourth-order valence-electron chi connectivity index (χ4n) is 3.03. The molecule has 2 rings (SSSR count). The Morgan fingerprint density at radius 1 is 1.24 bits per heavy atom. The van der Waals surface area contributed by atoms with Gasteiger partial charge >= 0.3 is 0 Å². The van der Waals surface area contributed by atoms with E-state index in [1.807, 2.05) is 0 Å². The molecule has 1 aromatic heterocycles. The van der Waals surface area contributed by atoms with Crippen LogP contribution in [0.2, 0.25) is 0 Å². The SMILES string of the molecule is CCNc1nc(C2CN(C)CCN2C)nc(C)c1C(C)C. The van der Waals surface area contributed by atoms with Crippen LogP contribution in [-0.2, 0) is 0 Å². The van der Waals surface area contributed by atoms with Gasteiger partial charge in [-0.2, -0.15) is 0 Å². The minimum Gasteiger partial charge on any atom is -0.370 e. The van der Waals surface area contributed by atoms with Crippen LogP contribution in [0.4, 0.5) is 5.82 Å². The molecule has 118 valence electrons. The molecule has 0 saturated carbocycles. The molecule has 0 radical (unpaired) electrons. The van der Waals surface area contributed by atoms with E-state index in [2.05, 4.69) is 56.9 Å². The highest BCUT2D eigenvalue weighted by Gasteiger charge is 2.27. The standard InChI is InChI=1S/C16H29N5/c1-7-17-16-14(11(2)3)12(4)18-15(19-16)13-10-20(5)8-9-21(13)6/h11,13H,7-10H2,1-6H3,(H,17,18,19). The predicted octanol–water partition coefficient (Wildman–Crippen LogP) is 2.26. The van der Waals surface area contributed by atoms with E-state index in [0.29, 0.717) is 5.92 Å². The zero-order chi connectivity index (χ0) is 15.6. The molecule has 1 aromatic rings. The summed E-state index contributed by atoms with van der Waals surface area (Å²) in [5, 5.41) is 3.42. The van der Waals surface area contributed by atoms with Gasteiger partial charge < -0.3 is 10.2 Å². The molecule has 5 nitrogen and oxygen atoms in total. The fourth-order valence-corrected chi connectivity index (χ4v) is 3.03. The van der Waals surface area contributed by atoms with E-state index in [9.17, 15) is 0 Å². The molecule has 0 bridgehead atoms. The second-order valence-electron chi connectivity index (χ2n) is 6.37. The third-order valence-electron chi connectivity index (χ3n) is 4.22. The lowest BCUT2D eigenvalue weighted by molar-refractivity contribution is 0.109. The summed E-state index contributed by atoms with van der Waals surface area (Å²) in [7, 11) is 4.33. The summed E-state index contributed by atoms with van der Waals surface area (Å²) < 4.78 is 0. The van der Waals surface area contributed by atoms with Crippen LogP contribution in [0.3, 0.4) is 0 Å².